The van der Waals surface area contributed by atoms with Crippen molar-refractivity contribution < 1.29 is 13.9 Å². The quantitative estimate of drug-likeness (QED) is 0.870. The van der Waals surface area contributed by atoms with E-state index in [1.807, 2.05) is 11.0 Å². The van der Waals surface area contributed by atoms with Crippen molar-refractivity contribution in [3.05, 3.63) is 60.1 Å². The normalized spacial score (nSPS) is 24.6. The molecule has 2 aliphatic heterocycles. The number of likely N-dealkylation sites (tertiary alicyclic amines) is 1. The lowest BCUT2D eigenvalue weighted by Gasteiger charge is -2.36. The van der Waals surface area contributed by atoms with Crippen LogP contribution in [0.4, 0.5) is 0 Å². The predicted molar refractivity (Wildman–Crippen MR) is 85.0 cm³/mol. The third-order valence-corrected chi connectivity index (χ3v) is 4.66. The van der Waals surface area contributed by atoms with E-state index in [-0.39, 0.29) is 18.1 Å². The van der Waals surface area contributed by atoms with Crippen LogP contribution in [0.2, 0.25) is 0 Å². The number of ether oxygens (including phenoxy) is 1. The maximum absolute atomic E-state index is 12.5. The van der Waals surface area contributed by atoms with Gasteiger partial charge in [-0.1, -0.05) is 30.3 Å². The topological polar surface area (TPSA) is 45.9 Å². The van der Waals surface area contributed by atoms with E-state index in [9.17, 15) is 4.79 Å². The molecular weight excluding hydrogens is 292 g/mol. The van der Waals surface area contributed by atoms with Crippen LogP contribution in [0.1, 0.15) is 16.1 Å². The molecule has 1 amide bonds. The second-order valence-electron chi connectivity index (χ2n) is 6.12. The van der Waals surface area contributed by atoms with Gasteiger partial charge in [0.05, 0.1) is 25.0 Å². The van der Waals surface area contributed by atoms with E-state index < -0.39 is 0 Å². The lowest BCUT2D eigenvalue weighted by molar-refractivity contribution is -0.0503. The van der Waals surface area contributed by atoms with Crippen molar-refractivity contribution in [1.29, 1.82) is 0 Å². The Kier molecular flexibility index (Phi) is 3.89. The second-order valence-corrected chi connectivity index (χ2v) is 6.12. The average molecular weight is 312 g/mol. The summed E-state index contributed by atoms with van der Waals surface area (Å²) < 4.78 is 11.1. The molecule has 2 saturated heterocycles. The summed E-state index contributed by atoms with van der Waals surface area (Å²) in [5, 5.41) is 0. The van der Waals surface area contributed by atoms with Crippen molar-refractivity contribution in [2.45, 2.75) is 18.7 Å². The number of carbonyl (C=O) groups is 1. The maximum Gasteiger partial charge on any atom is 0.289 e. The molecule has 0 radical (unpaired) electrons. The third-order valence-electron chi connectivity index (χ3n) is 4.66. The van der Waals surface area contributed by atoms with Crippen LogP contribution in [0, 0.1) is 0 Å². The summed E-state index contributed by atoms with van der Waals surface area (Å²) in [6.45, 7) is 3.84. The van der Waals surface area contributed by atoms with E-state index in [2.05, 4.69) is 29.2 Å². The number of carbonyl (C=O) groups excluding carboxylic acids is 1. The fraction of sp³-hybridized carbons (Fsp3) is 0.389. The Morgan fingerprint density at radius 3 is 2.78 bits per heavy atom. The fourth-order valence-corrected chi connectivity index (χ4v) is 3.49. The summed E-state index contributed by atoms with van der Waals surface area (Å²) in [5.41, 5.74) is 1.30. The first kappa shape index (κ1) is 14.5. The molecule has 2 atom stereocenters. The van der Waals surface area contributed by atoms with Crippen LogP contribution in [-0.4, -0.2) is 54.1 Å². The van der Waals surface area contributed by atoms with E-state index in [0.29, 0.717) is 18.8 Å². The van der Waals surface area contributed by atoms with Gasteiger partial charge in [0.1, 0.15) is 0 Å². The van der Waals surface area contributed by atoms with Crippen molar-refractivity contribution in [2.24, 2.45) is 0 Å². The van der Waals surface area contributed by atoms with E-state index in [4.69, 9.17) is 9.15 Å². The molecule has 5 nitrogen and oxygen atoms in total. The molecule has 0 aliphatic carbocycles. The molecule has 0 N–H and O–H groups in total. The zero-order valence-corrected chi connectivity index (χ0v) is 12.9. The molecule has 1 aromatic carbocycles. The molecule has 3 heterocycles. The van der Waals surface area contributed by atoms with Gasteiger partial charge >= 0.3 is 0 Å². The molecule has 2 aliphatic rings. The zero-order chi connectivity index (χ0) is 15.6. The minimum Gasteiger partial charge on any atom is -0.459 e. The highest BCUT2D eigenvalue weighted by Gasteiger charge is 2.42. The number of nitrogens with zero attached hydrogens (tertiary/aromatic N) is 2. The molecule has 120 valence electrons. The standard InChI is InChI=1S/C18H20N2O3/c21-18(16-7-4-9-22-16)20-12-15-17(13-20)23-10-8-19(15)11-14-5-2-1-3-6-14/h1-7,9,15,17H,8,10-13H2/t15-,17+/m1/s1. The zero-order valence-electron chi connectivity index (χ0n) is 12.9. The van der Waals surface area contributed by atoms with Gasteiger partial charge in [-0.3, -0.25) is 9.69 Å². The van der Waals surface area contributed by atoms with Crippen LogP contribution in [-0.2, 0) is 11.3 Å². The average Bonchev–Trinajstić information content (AvgIpc) is 3.25. The molecule has 0 bridgehead atoms. The number of amides is 1. The monoisotopic (exact) mass is 312 g/mol. The summed E-state index contributed by atoms with van der Waals surface area (Å²) in [5.74, 6) is 0.353. The van der Waals surface area contributed by atoms with Crippen LogP contribution in [0.3, 0.4) is 0 Å². The highest BCUT2D eigenvalue weighted by molar-refractivity contribution is 5.91. The van der Waals surface area contributed by atoms with Gasteiger partial charge in [-0.25, -0.2) is 0 Å². The summed E-state index contributed by atoms with van der Waals surface area (Å²) in [7, 11) is 0. The summed E-state index contributed by atoms with van der Waals surface area (Å²) in [6, 6.07) is 14.2. The SMILES string of the molecule is O=C(c1ccco1)N1C[C@@H]2OCCN(Cc3ccccc3)[C@@H]2C1. The van der Waals surface area contributed by atoms with Crippen LogP contribution < -0.4 is 0 Å². The number of rotatable bonds is 3. The molecule has 5 heteroatoms. The molecule has 2 aromatic rings. The van der Waals surface area contributed by atoms with Crippen LogP contribution in [0.15, 0.2) is 53.1 Å². The van der Waals surface area contributed by atoms with Gasteiger partial charge in [-0.2, -0.15) is 0 Å². The number of hydrogen-bond acceptors (Lipinski definition) is 4. The third kappa shape index (κ3) is 2.90. The van der Waals surface area contributed by atoms with Crippen LogP contribution in [0.5, 0.6) is 0 Å². The number of benzene rings is 1. The fourth-order valence-electron chi connectivity index (χ4n) is 3.49. The van der Waals surface area contributed by atoms with Gasteiger partial charge in [0.25, 0.3) is 5.91 Å². The number of morpholine rings is 1. The number of furan rings is 1. The smallest absolute Gasteiger partial charge is 0.289 e. The Morgan fingerprint density at radius 1 is 1.13 bits per heavy atom. The molecule has 2 fully saturated rings. The first-order valence-electron chi connectivity index (χ1n) is 8.03. The van der Waals surface area contributed by atoms with Gasteiger partial charge in [0.15, 0.2) is 5.76 Å². The first-order valence-corrected chi connectivity index (χ1v) is 8.03. The van der Waals surface area contributed by atoms with E-state index >= 15 is 0 Å². The second kappa shape index (κ2) is 6.18. The minimum absolute atomic E-state index is 0.0485. The van der Waals surface area contributed by atoms with Gasteiger partial charge in [0, 0.05) is 26.2 Å². The van der Waals surface area contributed by atoms with Crippen molar-refractivity contribution in [3.8, 4) is 0 Å². The molecule has 0 spiro atoms. The van der Waals surface area contributed by atoms with Crippen LogP contribution in [0.25, 0.3) is 0 Å². The van der Waals surface area contributed by atoms with Gasteiger partial charge in [-0.15, -0.1) is 0 Å². The van der Waals surface area contributed by atoms with Crippen molar-refractivity contribution >= 4 is 5.91 Å². The Morgan fingerprint density at radius 2 is 2.00 bits per heavy atom. The number of hydrogen-bond donors (Lipinski definition) is 0. The van der Waals surface area contributed by atoms with Gasteiger partial charge < -0.3 is 14.1 Å². The van der Waals surface area contributed by atoms with Crippen LogP contribution >= 0.6 is 0 Å². The summed E-state index contributed by atoms with van der Waals surface area (Å²) >= 11 is 0. The lowest BCUT2D eigenvalue weighted by Crippen LogP contribution is -2.50. The van der Waals surface area contributed by atoms with Crippen molar-refractivity contribution in [1.82, 2.24) is 9.80 Å². The Hall–Kier alpha value is -2.11. The maximum atomic E-state index is 12.5. The minimum atomic E-state index is -0.0485. The summed E-state index contributed by atoms with van der Waals surface area (Å²) in [4.78, 5) is 16.7. The predicted octanol–water partition coefficient (Wildman–Crippen LogP) is 2.00. The highest BCUT2D eigenvalue weighted by atomic mass is 16.5. The van der Waals surface area contributed by atoms with Gasteiger partial charge in [-0.05, 0) is 17.7 Å². The van der Waals surface area contributed by atoms with Crippen molar-refractivity contribution in [2.75, 3.05) is 26.2 Å². The number of fused-ring (bicyclic) bond motifs is 1. The lowest BCUT2D eigenvalue weighted by atomic mass is 10.1. The van der Waals surface area contributed by atoms with Crippen molar-refractivity contribution in [3.63, 3.8) is 0 Å². The van der Waals surface area contributed by atoms with E-state index in [1.165, 1.54) is 11.8 Å². The molecule has 0 saturated carbocycles. The molecule has 23 heavy (non-hydrogen) atoms. The largest absolute Gasteiger partial charge is 0.459 e. The molecule has 1 aromatic heterocycles. The molecule has 0 unspecified atom stereocenters. The Labute approximate surface area is 135 Å². The molecular formula is C18H20N2O3. The molecule has 4 rings (SSSR count). The van der Waals surface area contributed by atoms with E-state index in [0.717, 1.165) is 19.7 Å². The Bertz CT molecular complexity index is 656. The van der Waals surface area contributed by atoms with Gasteiger partial charge in [0.2, 0.25) is 0 Å². The van der Waals surface area contributed by atoms with E-state index in [1.54, 1.807) is 12.1 Å². The first-order chi connectivity index (χ1) is 11.3. The highest BCUT2D eigenvalue weighted by Crippen LogP contribution is 2.25. The summed E-state index contributed by atoms with van der Waals surface area (Å²) in [6.07, 6.45) is 1.63. The Balaban J connectivity index is 1.47.